The topological polar surface area (TPSA) is 78.4 Å². The monoisotopic (exact) mass is 160 g/mol. The second kappa shape index (κ2) is 4.54. The maximum atomic E-state index is 10.8. The highest BCUT2D eigenvalue weighted by Crippen LogP contribution is 1.80. The summed E-state index contributed by atoms with van der Waals surface area (Å²) in [5.74, 6) is -0.310. The number of hydrogen-bond donors (Lipinski definition) is 3. The van der Waals surface area contributed by atoms with Crippen molar-refractivity contribution < 1.29 is 14.7 Å². The first-order valence-electron chi connectivity index (χ1n) is 3.35. The fourth-order valence-corrected chi connectivity index (χ4v) is 0.578. The predicted octanol–water partition coefficient (Wildman–Crippen LogP) is -0.221. The molecule has 3 N–H and O–H groups in total. The Hall–Kier alpha value is -1.26. The Morgan fingerprint density at radius 3 is 2.45 bits per heavy atom. The van der Waals surface area contributed by atoms with Gasteiger partial charge in [0.05, 0.1) is 0 Å². The molecule has 0 aliphatic rings. The molecule has 0 saturated carbocycles. The van der Waals surface area contributed by atoms with Gasteiger partial charge in [-0.1, -0.05) is 0 Å². The van der Waals surface area contributed by atoms with Gasteiger partial charge in [0.1, 0.15) is 6.04 Å². The molecule has 64 valence electrons. The van der Waals surface area contributed by atoms with Crippen LogP contribution in [0, 0.1) is 0 Å². The Balaban J connectivity index is 3.73. The molecule has 1 atom stereocenters. The first-order valence-corrected chi connectivity index (χ1v) is 3.35. The molecule has 5 nitrogen and oxygen atoms in total. The molecule has 0 fully saturated rings. The molecule has 2 amide bonds. The van der Waals surface area contributed by atoms with Crippen molar-refractivity contribution in [1.82, 2.24) is 10.6 Å². The van der Waals surface area contributed by atoms with Gasteiger partial charge in [0.25, 0.3) is 0 Å². The van der Waals surface area contributed by atoms with Crippen molar-refractivity contribution in [2.75, 3.05) is 6.54 Å². The molecule has 0 bridgehead atoms. The molecular weight excluding hydrogens is 148 g/mol. The third kappa shape index (κ3) is 4.19. The number of carboxylic acid groups (broad SMARTS) is 1. The number of likely N-dealkylation sites (N-methyl/N-ethyl adjacent to an activating group) is 1. The van der Waals surface area contributed by atoms with E-state index in [2.05, 4.69) is 5.32 Å². The van der Waals surface area contributed by atoms with E-state index in [1.807, 2.05) is 5.32 Å². The minimum atomic E-state index is -1.19. The minimum Gasteiger partial charge on any atom is -0.465 e. The lowest BCUT2D eigenvalue weighted by atomic mass is 10.3. The van der Waals surface area contributed by atoms with Gasteiger partial charge in [-0.15, -0.1) is 0 Å². The van der Waals surface area contributed by atoms with E-state index < -0.39 is 12.1 Å². The van der Waals surface area contributed by atoms with Gasteiger partial charge < -0.3 is 15.7 Å². The van der Waals surface area contributed by atoms with Crippen LogP contribution in [-0.2, 0) is 4.79 Å². The summed E-state index contributed by atoms with van der Waals surface area (Å²) in [6.45, 7) is 3.76. The zero-order valence-corrected chi connectivity index (χ0v) is 6.55. The van der Waals surface area contributed by atoms with Crippen LogP contribution in [0.15, 0.2) is 0 Å². The van der Waals surface area contributed by atoms with Crippen LogP contribution in [0.4, 0.5) is 4.79 Å². The fraction of sp³-hybridized carbons (Fsp3) is 0.667. The van der Waals surface area contributed by atoms with Crippen LogP contribution in [0.5, 0.6) is 0 Å². The van der Waals surface area contributed by atoms with Crippen LogP contribution in [0.25, 0.3) is 0 Å². The molecule has 0 radical (unpaired) electrons. The Labute approximate surface area is 64.8 Å². The Morgan fingerprint density at radius 2 is 2.09 bits per heavy atom. The third-order valence-corrected chi connectivity index (χ3v) is 1.08. The average molecular weight is 160 g/mol. The van der Waals surface area contributed by atoms with Gasteiger partial charge in [0.2, 0.25) is 5.91 Å². The molecule has 11 heavy (non-hydrogen) atoms. The molecule has 5 heteroatoms. The van der Waals surface area contributed by atoms with Gasteiger partial charge in [-0.25, -0.2) is 4.79 Å². The standard InChI is InChI=1S/C6H12N2O3/c1-3-7-5(9)4(2)8-6(10)11/h4,8H,3H2,1-2H3,(H,7,9)(H,10,11)/t4-/m0/s1. The largest absolute Gasteiger partial charge is 0.465 e. The van der Waals surface area contributed by atoms with Crippen molar-refractivity contribution in [1.29, 1.82) is 0 Å². The van der Waals surface area contributed by atoms with Gasteiger partial charge >= 0.3 is 6.09 Å². The Kier molecular flexibility index (Phi) is 4.02. The lowest BCUT2D eigenvalue weighted by Gasteiger charge is -2.09. The van der Waals surface area contributed by atoms with Crippen LogP contribution < -0.4 is 10.6 Å². The van der Waals surface area contributed by atoms with Crippen molar-refractivity contribution >= 4 is 12.0 Å². The van der Waals surface area contributed by atoms with Crippen LogP contribution in [-0.4, -0.2) is 29.7 Å². The van der Waals surface area contributed by atoms with Gasteiger partial charge in [-0.05, 0) is 13.8 Å². The molecule has 0 rings (SSSR count). The maximum Gasteiger partial charge on any atom is 0.405 e. The highest BCUT2D eigenvalue weighted by atomic mass is 16.4. The van der Waals surface area contributed by atoms with Crippen LogP contribution in [0.3, 0.4) is 0 Å². The highest BCUT2D eigenvalue weighted by molar-refractivity contribution is 5.84. The van der Waals surface area contributed by atoms with Gasteiger partial charge in [-0.2, -0.15) is 0 Å². The fourth-order valence-electron chi connectivity index (χ4n) is 0.578. The van der Waals surface area contributed by atoms with Crippen molar-refractivity contribution in [2.24, 2.45) is 0 Å². The Bertz CT molecular complexity index is 158. The van der Waals surface area contributed by atoms with E-state index in [0.29, 0.717) is 6.54 Å². The normalized spacial score (nSPS) is 11.8. The number of carbonyl (C=O) groups is 2. The zero-order valence-electron chi connectivity index (χ0n) is 6.55. The first kappa shape index (κ1) is 9.74. The maximum absolute atomic E-state index is 10.8. The second-order valence-electron chi connectivity index (χ2n) is 2.07. The number of amides is 2. The zero-order chi connectivity index (χ0) is 8.85. The summed E-state index contributed by atoms with van der Waals surface area (Å²) in [4.78, 5) is 20.9. The molecule has 0 saturated heterocycles. The SMILES string of the molecule is CCNC(=O)[C@H](C)NC(=O)O. The molecule has 0 unspecified atom stereocenters. The van der Waals surface area contributed by atoms with Gasteiger partial charge in [0.15, 0.2) is 0 Å². The van der Waals surface area contributed by atoms with Gasteiger partial charge in [-0.3, -0.25) is 4.79 Å². The minimum absolute atomic E-state index is 0.310. The summed E-state index contributed by atoms with van der Waals surface area (Å²) in [7, 11) is 0. The molecule has 0 aromatic rings. The third-order valence-electron chi connectivity index (χ3n) is 1.08. The molecular formula is C6H12N2O3. The summed E-state index contributed by atoms with van der Waals surface area (Å²) in [5, 5.41) is 12.7. The lowest BCUT2D eigenvalue weighted by Crippen LogP contribution is -2.44. The molecule has 0 aromatic heterocycles. The molecule has 0 spiro atoms. The quantitative estimate of drug-likeness (QED) is 0.534. The predicted molar refractivity (Wildman–Crippen MR) is 39.3 cm³/mol. The molecule has 0 heterocycles. The Morgan fingerprint density at radius 1 is 1.55 bits per heavy atom. The van der Waals surface area contributed by atoms with Crippen molar-refractivity contribution in [2.45, 2.75) is 19.9 Å². The van der Waals surface area contributed by atoms with E-state index in [1.54, 1.807) is 6.92 Å². The first-order chi connectivity index (χ1) is 5.07. The lowest BCUT2D eigenvalue weighted by molar-refractivity contribution is -0.122. The van der Waals surface area contributed by atoms with Crippen LogP contribution in [0.2, 0.25) is 0 Å². The summed E-state index contributed by atoms with van der Waals surface area (Å²) in [5.41, 5.74) is 0. The number of rotatable bonds is 3. The van der Waals surface area contributed by atoms with E-state index in [0.717, 1.165) is 0 Å². The average Bonchev–Trinajstić information content (AvgIpc) is 1.86. The van der Waals surface area contributed by atoms with Crippen molar-refractivity contribution in [3.63, 3.8) is 0 Å². The van der Waals surface area contributed by atoms with E-state index in [4.69, 9.17) is 5.11 Å². The van der Waals surface area contributed by atoms with E-state index >= 15 is 0 Å². The smallest absolute Gasteiger partial charge is 0.405 e. The van der Waals surface area contributed by atoms with E-state index in [-0.39, 0.29) is 5.91 Å². The summed E-state index contributed by atoms with van der Waals surface area (Å²) in [6.07, 6.45) is -1.19. The summed E-state index contributed by atoms with van der Waals surface area (Å²) >= 11 is 0. The van der Waals surface area contributed by atoms with Crippen LogP contribution >= 0.6 is 0 Å². The van der Waals surface area contributed by atoms with Gasteiger partial charge in [0, 0.05) is 6.54 Å². The molecule has 0 aliphatic heterocycles. The number of hydrogen-bond acceptors (Lipinski definition) is 2. The van der Waals surface area contributed by atoms with E-state index in [9.17, 15) is 9.59 Å². The van der Waals surface area contributed by atoms with Crippen LogP contribution in [0.1, 0.15) is 13.8 Å². The van der Waals surface area contributed by atoms with Crippen molar-refractivity contribution in [3.8, 4) is 0 Å². The second-order valence-corrected chi connectivity index (χ2v) is 2.07. The number of nitrogens with one attached hydrogen (secondary N) is 2. The summed E-state index contributed by atoms with van der Waals surface area (Å²) in [6, 6.07) is -0.688. The highest BCUT2D eigenvalue weighted by Gasteiger charge is 2.12. The van der Waals surface area contributed by atoms with Crippen molar-refractivity contribution in [3.05, 3.63) is 0 Å². The summed E-state index contributed by atoms with van der Waals surface area (Å²) < 4.78 is 0. The molecule has 0 aromatic carbocycles. The molecule has 0 aliphatic carbocycles. The number of carbonyl (C=O) groups excluding carboxylic acids is 1. The van der Waals surface area contributed by atoms with E-state index in [1.165, 1.54) is 6.92 Å².